The largest absolute Gasteiger partial charge is 0.483 e. The van der Waals surface area contributed by atoms with Crippen molar-refractivity contribution in [2.24, 2.45) is 5.92 Å². The molecule has 0 bridgehead atoms. The quantitative estimate of drug-likeness (QED) is 0.628. The first-order chi connectivity index (χ1) is 13.8. The summed E-state index contributed by atoms with van der Waals surface area (Å²) in [5.41, 5.74) is 1.27. The SMILES string of the molecule is CC1(C)Cc2cccc(OCC(=O)Nc3nc(C(O)N4CC(CO)C4)cs3)c2O1. The van der Waals surface area contributed by atoms with E-state index in [9.17, 15) is 9.90 Å². The molecule has 1 aromatic heterocycles. The zero-order chi connectivity index (χ0) is 20.6. The van der Waals surface area contributed by atoms with Gasteiger partial charge >= 0.3 is 0 Å². The number of likely N-dealkylation sites (tertiary alicyclic amines) is 1. The van der Waals surface area contributed by atoms with Crippen LogP contribution in [0.2, 0.25) is 0 Å². The Labute approximate surface area is 173 Å². The molecule has 1 fully saturated rings. The third kappa shape index (κ3) is 4.37. The Morgan fingerprint density at radius 3 is 3.03 bits per heavy atom. The minimum atomic E-state index is -0.830. The number of aliphatic hydroxyl groups excluding tert-OH is 2. The van der Waals surface area contributed by atoms with Crippen LogP contribution in [0, 0.1) is 5.92 Å². The van der Waals surface area contributed by atoms with E-state index in [0.29, 0.717) is 35.4 Å². The summed E-state index contributed by atoms with van der Waals surface area (Å²) in [5, 5.41) is 24.2. The van der Waals surface area contributed by atoms with Gasteiger partial charge in [0, 0.05) is 43.0 Å². The first kappa shape index (κ1) is 20.1. The number of ether oxygens (including phenoxy) is 2. The number of benzene rings is 1. The summed E-state index contributed by atoms with van der Waals surface area (Å²) in [6.07, 6.45) is -0.0326. The van der Waals surface area contributed by atoms with E-state index in [1.807, 2.05) is 30.9 Å². The highest BCUT2D eigenvalue weighted by molar-refractivity contribution is 7.13. The van der Waals surface area contributed by atoms with Crippen molar-refractivity contribution in [1.82, 2.24) is 9.88 Å². The highest BCUT2D eigenvalue weighted by Gasteiger charge is 2.33. The molecule has 1 amide bonds. The number of rotatable bonds is 7. The summed E-state index contributed by atoms with van der Waals surface area (Å²) in [4.78, 5) is 18.4. The second-order valence-corrected chi connectivity index (χ2v) is 8.93. The molecule has 156 valence electrons. The van der Waals surface area contributed by atoms with Gasteiger partial charge in [0.2, 0.25) is 0 Å². The Morgan fingerprint density at radius 2 is 2.28 bits per heavy atom. The molecule has 0 aliphatic carbocycles. The van der Waals surface area contributed by atoms with Crippen molar-refractivity contribution >= 4 is 22.4 Å². The highest BCUT2D eigenvalue weighted by atomic mass is 32.1. The summed E-state index contributed by atoms with van der Waals surface area (Å²) in [5.74, 6) is 1.11. The van der Waals surface area contributed by atoms with E-state index >= 15 is 0 Å². The standard InChI is InChI=1S/C20H25N3O5S/c1-20(2)6-13-4-3-5-15(17(13)28-20)27-10-16(25)22-19-21-14(11-29-19)18(26)23-7-12(8-23)9-24/h3-5,11-12,18,24,26H,6-10H2,1-2H3,(H,21,22,25). The van der Waals surface area contributed by atoms with E-state index in [-0.39, 0.29) is 30.6 Å². The third-order valence-corrected chi connectivity index (χ3v) is 5.81. The van der Waals surface area contributed by atoms with Gasteiger partial charge in [-0.15, -0.1) is 11.3 Å². The van der Waals surface area contributed by atoms with E-state index in [0.717, 1.165) is 12.0 Å². The van der Waals surface area contributed by atoms with Crippen LogP contribution >= 0.6 is 11.3 Å². The van der Waals surface area contributed by atoms with Crippen molar-refractivity contribution in [2.45, 2.75) is 32.1 Å². The Morgan fingerprint density at radius 1 is 1.48 bits per heavy atom. The fraction of sp³-hybridized carbons (Fsp3) is 0.500. The Kier molecular flexibility index (Phi) is 5.48. The number of hydrogen-bond acceptors (Lipinski definition) is 8. The highest BCUT2D eigenvalue weighted by Crippen LogP contribution is 2.41. The number of nitrogens with zero attached hydrogens (tertiary/aromatic N) is 2. The van der Waals surface area contributed by atoms with E-state index < -0.39 is 6.23 Å². The maximum Gasteiger partial charge on any atom is 0.264 e. The zero-order valence-corrected chi connectivity index (χ0v) is 17.2. The number of anilines is 1. The molecule has 0 spiro atoms. The van der Waals surface area contributed by atoms with Gasteiger partial charge in [-0.1, -0.05) is 12.1 Å². The summed E-state index contributed by atoms with van der Waals surface area (Å²) in [6.45, 7) is 5.25. The molecule has 2 aromatic rings. The second-order valence-electron chi connectivity index (χ2n) is 8.07. The molecule has 1 saturated heterocycles. The number of aliphatic hydroxyl groups is 2. The average Bonchev–Trinajstić information content (AvgIpc) is 3.21. The predicted molar refractivity (Wildman–Crippen MR) is 108 cm³/mol. The molecule has 1 aromatic carbocycles. The molecule has 3 heterocycles. The smallest absolute Gasteiger partial charge is 0.264 e. The monoisotopic (exact) mass is 419 g/mol. The summed E-state index contributed by atoms with van der Waals surface area (Å²) in [7, 11) is 0. The third-order valence-electron chi connectivity index (χ3n) is 5.04. The van der Waals surface area contributed by atoms with Gasteiger partial charge in [0.25, 0.3) is 5.91 Å². The van der Waals surface area contributed by atoms with Crippen LogP contribution in [-0.2, 0) is 11.2 Å². The van der Waals surface area contributed by atoms with Crippen LogP contribution in [0.4, 0.5) is 5.13 Å². The minimum absolute atomic E-state index is 0.120. The number of hydrogen-bond donors (Lipinski definition) is 3. The molecule has 2 aliphatic rings. The number of carbonyl (C=O) groups excluding carboxylic acids is 1. The van der Waals surface area contributed by atoms with E-state index in [2.05, 4.69) is 10.3 Å². The van der Waals surface area contributed by atoms with Gasteiger partial charge in [0.15, 0.2) is 29.5 Å². The van der Waals surface area contributed by atoms with Crippen molar-refractivity contribution in [3.8, 4) is 11.5 Å². The van der Waals surface area contributed by atoms with Gasteiger partial charge in [-0.2, -0.15) is 0 Å². The van der Waals surface area contributed by atoms with Crippen LogP contribution in [-0.4, -0.2) is 57.9 Å². The number of thiazole rings is 1. The van der Waals surface area contributed by atoms with E-state index in [1.165, 1.54) is 11.3 Å². The first-order valence-corrected chi connectivity index (χ1v) is 10.4. The van der Waals surface area contributed by atoms with E-state index in [4.69, 9.17) is 14.6 Å². The number of amides is 1. The number of fused-ring (bicyclic) bond motifs is 1. The van der Waals surface area contributed by atoms with E-state index in [1.54, 1.807) is 11.4 Å². The fourth-order valence-corrected chi connectivity index (χ4v) is 4.31. The zero-order valence-electron chi connectivity index (χ0n) is 16.4. The van der Waals surface area contributed by atoms with Crippen LogP contribution in [0.3, 0.4) is 0 Å². The van der Waals surface area contributed by atoms with Crippen molar-refractivity contribution < 1.29 is 24.5 Å². The van der Waals surface area contributed by atoms with Gasteiger partial charge in [0.1, 0.15) is 5.60 Å². The predicted octanol–water partition coefficient (Wildman–Crippen LogP) is 1.79. The van der Waals surface area contributed by atoms with Crippen molar-refractivity contribution in [3.05, 3.63) is 34.8 Å². The van der Waals surface area contributed by atoms with Gasteiger partial charge in [-0.3, -0.25) is 15.0 Å². The van der Waals surface area contributed by atoms with Crippen molar-refractivity contribution in [3.63, 3.8) is 0 Å². The molecule has 1 unspecified atom stereocenters. The van der Waals surface area contributed by atoms with Crippen LogP contribution in [0.15, 0.2) is 23.6 Å². The lowest BCUT2D eigenvalue weighted by molar-refractivity contribution is -0.118. The first-order valence-electron chi connectivity index (χ1n) is 9.56. The van der Waals surface area contributed by atoms with Crippen molar-refractivity contribution in [2.75, 3.05) is 31.6 Å². The molecule has 29 heavy (non-hydrogen) atoms. The van der Waals surface area contributed by atoms with Gasteiger partial charge in [-0.05, 0) is 19.9 Å². The second kappa shape index (κ2) is 7.91. The molecule has 4 rings (SSSR count). The van der Waals surface area contributed by atoms with Gasteiger partial charge < -0.3 is 19.7 Å². The summed E-state index contributed by atoms with van der Waals surface area (Å²) < 4.78 is 11.6. The molecule has 1 atom stereocenters. The molecular weight excluding hydrogens is 394 g/mol. The summed E-state index contributed by atoms with van der Waals surface area (Å²) >= 11 is 1.25. The molecule has 3 N–H and O–H groups in total. The van der Waals surface area contributed by atoms with Crippen LogP contribution in [0.5, 0.6) is 11.5 Å². The average molecular weight is 420 g/mol. The molecule has 2 aliphatic heterocycles. The lowest BCUT2D eigenvalue weighted by Crippen LogP contribution is -2.49. The lowest BCUT2D eigenvalue weighted by Gasteiger charge is -2.40. The number of carbonyl (C=O) groups is 1. The minimum Gasteiger partial charge on any atom is -0.483 e. The molecular formula is C20H25N3O5S. The molecule has 8 nitrogen and oxygen atoms in total. The molecule has 0 radical (unpaired) electrons. The Balaban J connectivity index is 1.30. The topological polar surface area (TPSA) is 104 Å². The maximum atomic E-state index is 12.3. The fourth-order valence-electron chi connectivity index (χ4n) is 3.57. The maximum absolute atomic E-state index is 12.3. The van der Waals surface area contributed by atoms with Crippen LogP contribution in [0.25, 0.3) is 0 Å². The van der Waals surface area contributed by atoms with Gasteiger partial charge in [-0.25, -0.2) is 4.98 Å². The molecule has 0 saturated carbocycles. The Bertz CT molecular complexity index is 894. The van der Waals surface area contributed by atoms with Gasteiger partial charge in [0.05, 0.1) is 5.69 Å². The van der Waals surface area contributed by atoms with Crippen LogP contribution < -0.4 is 14.8 Å². The number of aromatic nitrogens is 1. The molecule has 9 heteroatoms. The van der Waals surface area contributed by atoms with Crippen LogP contribution in [0.1, 0.15) is 31.3 Å². The lowest BCUT2D eigenvalue weighted by atomic mass is 10.0. The number of nitrogens with one attached hydrogen (secondary N) is 1. The number of para-hydroxylation sites is 1. The normalized spacial score (nSPS) is 19.2. The summed E-state index contributed by atoms with van der Waals surface area (Å²) in [6, 6.07) is 5.68. The Hall–Kier alpha value is -2.20. The van der Waals surface area contributed by atoms with Crippen molar-refractivity contribution in [1.29, 1.82) is 0 Å².